The molecule has 1 atom stereocenters. The summed E-state index contributed by atoms with van der Waals surface area (Å²) in [4.78, 5) is 4.53. The van der Waals surface area contributed by atoms with E-state index < -0.39 is 0 Å². The van der Waals surface area contributed by atoms with Crippen LogP contribution in [0.4, 0.5) is 0 Å². The maximum atomic E-state index is 6.20. The Morgan fingerprint density at radius 3 is 2.77 bits per heavy atom. The highest BCUT2D eigenvalue weighted by atomic mass is 35.5. The van der Waals surface area contributed by atoms with Gasteiger partial charge in [0, 0.05) is 23.3 Å². The summed E-state index contributed by atoms with van der Waals surface area (Å²) in [5.41, 5.74) is 4.38. The molecule has 0 spiro atoms. The third kappa shape index (κ3) is 3.79. The first-order chi connectivity index (χ1) is 12.8. The van der Waals surface area contributed by atoms with Gasteiger partial charge in [0.1, 0.15) is 12.4 Å². The first-order valence-electron chi connectivity index (χ1n) is 8.61. The summed E-state index contributed by atoms with van der Waals surface area (Å²) in [6.45, 7) is 1.30. The predicted molar refractivity (Wildman–Crippen MR) is 105 cm³/mol. The molecule has 26 heavy (non-hydrogen) atoms. The van der Waals surface area contributed by atoms with Crippen LogP contribution in [0.25, 0.3) is 6.08 Å². The maximum absolute atomic E-state index is 6.20. The molecule has 1 unspecified atom stereocenters. The summed E-state index contributed by atoms with van der Waals surface area (Å²) in [6, 6.07) is 21.9. The number of rotatable bonds is 5. The third-order valence-electron chi connectivity index (χ3n) is 4.39. The fourth-order valence-corrected chi connectivity index (χ4v) is 3.32. The Bertz CT molecular complexity index is 924. The third-order valence-corrected chi connectivity index (χ3v) is 4.63. The van der Waals surface area contributed by atoms with E-state index in [1.54, 1.807) is 0 Å². The summed E-state index contributed by atoms with van der Waals surface area (Å²) < 4.78 is 5.85. The fraction of sp³-hybridized carbons (Fsp3) is 0.136. The van der Waals surface area contributed by atoms with Gasteiger partial charge in [0.2, 0.25) is 0 Å². The second-order valence-corrected chi connectivity index (χ2v) is 6.69. The number of hydrogen-bond donors (Lipinski definition) is 1. The molecule has 4 rings (SSSR count). The molecule has 0 fully saturated rings. The van der Waals surface area contributed by atoms with E-state index in [9.17, 15) is 0 Å². The topological polar surface area (TPSA) is 34.1 Å². The van der Waals surface area contributed by atoms with E-state index in [1.807, 2.05) is 60.8 Å². The molecule has 0 saturated carbocycles. The molecule has 1 N–H and O–H groups in total. The second-order valence-electron chi connectivity index (χ2n) is 6.25. The first kappa shape index (κ1) is 16.8. The Labute approximate surface area is 158 Å². The van der Waals surface area contributed by atoms with Gasteiger partial charge in [0.25, 0.3) is 0 Å². The lowest BCUT2D eigenvalue weighted by atomic mass is 10.0. The normalized spacial score (nSPS) is 14.1. The van der Waals surface area contributed by atoms with Gasteiger partial charge >= 0.3 is 0 Å². The van der Waals surface area contributed by atoms with Gasteiger partial charge in [0.05, 0.1) is 11.7 Å². The van der Waals surface area contributed by atoms with Crippen molar-refractivity contribution in [3.63, 3.8) is 0 Å². The molecule has 4 heteroatoms. The Kier molecular flexibility index (Phi) is 5.00. The standard InChI is InChI=1S/C22H19ClN2O/c23-19-8-5-7-18(13-19)22(20-9-3-4-11-24-20)25-14-16-12-17-6-1-2-10-21(17)26-15-16/h1-13,22,25H,14-15H2. The van der Waals surface area contributed by atoms with Gasteiger partial charge in [-0.25, -0.2) is 0 Å². The number of ether oxygens (including phenoxy) is 1. The van der Waals surface area contributed by atoms with Gasteiger partial charge in [0.15, 0.2) is 0 Å². The molecule has 1 aromatic heterocycles. The van der Waals surface area contributed by atoms with Crippen molar-refractivity contribution in [1.82, 2.24) is 10.3 Å². The van der Waals surface area contributed by atoms with E-state index in [1.165, 1.54) is 5.57 Å². The molecule has 0 saturated heterocycles. The van der Waals surface area contributed by atoms with Crippen LogP contribution in [0.15, 0.2) is 78.5 Å². The number of nitrogens with zero attached hydrogens (tertiary/aromatic N) is 1. The van der Waals surface area contributed by atoms with Crippen molar-refractivity contribution in [2.75, 3.05) is 13.2 Å². The van der Waals surface area contributed by atoms with Gasteiger partial charge < -0.3 is 10.1 Å². The van der Waals surface area contributed by atoms with Crippen molar-refractivity contribution >= 4 is 17.7 Å². The van der Waals surface area contributed by atoms with Gasteiger partial charge in [-0.3, -0.25) is 4.98 Å². The molecule has 0 amide bonds. The molecule has 3 nitrogen and oxygen atoms in total. The summed E-state index contributed by atoms with van der Waals surface area (Å²) in [7, 11) is 0. The Morgan fingerprint density at radius 2 is 1.92 bits per heavy atom. The summed E-state index contributed by atoms with van der Waals surface area (Å²) in [5, 5.41) is 4.33. The summed E-state index contributed by atoms with van der Waals surface area (Å²) >= 11 is 6.20. The average molecular weight is 363 g/mol. The number of fused-ring (bicyclic) bond motifs is 1. The number of aromatic nitrogens is 1. The van der Waals surface area contributed by atoms with Crippen LogP contribution in [0.1, 0.15) is 22.9 Å². The minimum absolute atomic E-state index is 0.0343. The van der Waals surface area contributed by atoms with E-state index in [0.717, 1.165) is 27.6 Å². The fourth-order valence-electron chi connectivity index (χ4n) is 3.12. The largest absolute Gasteiger partial charge is 0.489 e. The highest BCUT2D eigenvalue weighted by Gasteiger charge is 2.17. The predicted octanol–water partition coefficient (Wildman–Crippen LogP) is 4.89. The highest BCUT2D eigenvalue weighted by molar-refractivity contribution is 6.30. The van der Waals surface area contributed by atoms with E-state index >= 15 is 0 Å². The van der Waals surface area contributed by atoms with Gasteiger partial charge in [-0.1, -0.05) is 48.0 Å². The molecule has 3 aromatic rings. The number of para-hydroxylation sites is 1. The molecule has 0 bridgehead atoms. The first-order valence-corrected chi connectivity index (χ1v) is 8.98. The highest BCUT2D eigenvalue weighted by Crippen LogP contribution is 2.27. The second kappa shape index (κ2) is 7.73. The zero-order valence-electron chi connectivity index (χ0n) is 14.2. The number of nitrogens with one attached hydrogen (secondary N) is 1. The van der Waals surface area contributed by atoms with Crippen LogP contribution in [-0.4, -0.2) is 18.1 Å². The smallest absolute Gasteiger partial charge is 0.127 e. The van der Waals surface area contributed by atoms with Crippen molar-refractivity contribution in [3.05, 3.63) is 100 Å². The maximum Gasteiger partial charge on any atom is 0.127 e. The van der Waals surface area contributed by atoms with Crippen LogP contribution in [0.5, 0.6) is 5.75 Å². The number of hydrogen-bond acceptors (Lipinski definition) is 3. The van der Waals surface area contributed by atoms with E-state index in [2.05, 4.69) is 28.5 Å². The minimum atomic E-state index is -0.0343. The average Bonchev–Trinajstić information content (AvgIpc) is 2.69. The zero-order chi connectivity index (χ0) is 17.8. The van der Waals surface area contributed by atoms with Crippen molar-refractivity contribution < 1.29 is 4.74 Å². The lowest BCUT2D eigenvalue weighted by molar-refractivity contribution is 0.342. The van der Waals surface area contributed by atoms with Crippen molar-refractivity contribution in [2.24, 2.45) is 0 Å². The van der Waals surface area contributed by atoms with Crippen LogP contribution in [0.3, 0.4) is 0 Å². The van der Waals surface area contributed by atoms with E-state index in [4.69, 9.17) is 16.3 Å². The minimum Gasteiger partial charge on any atom is -0.489 e. The monoisotopic (exact) mass is 362 g/mol. The number of halogens is 1. The van der Waals surface area contributed by atoms with E-state index in [-0.39, 0.29) is 6.04 Å². The number of pyridine rings is 1. The summed E-state index contributed by atoms with van der Waals surface area (Å²) in [6.07, 6.45) is 4.01. The lowest BCUT2D eigenvalue weighted by Gasteiger charge is -2.22. The molecule has 1 aliphatic rings. The van der Waals surface area contributed by atoms with Crippen molar-refractivity contribution in [2.45, 2.75) is 6.04 Å². The van der Waals surface area contributed by atoms with Crippen LogP contribution < -0.4 is 10.1 Å². The van der Waals surface area contributed by atoms with Crippen LogP contribution in [-0.2, 0) is 0 Å². The quantitative estimate of drug-likeness (QED) is 0.701. The van der Waals surface area contributed by atoms with Crippen molar-refractivity contribution in [1.29, 1.82) is 0 Å². The molecule has 0 radical (unpaired) electrons. The van der Waals surface area contributed by atoms with Crippen LogP contribution in [0.2, 0.25) is 5.02 Å². The molecular formula is C22H19ClN2O. The van der Waals surface area contributed by atoms with Gasteiger partial charge in [-0.15, -0.1) is 0 Å². The SMILES string of the molecule is Clc1cccc(C(NCC2=Cc3ccccc3OC2)c2ccccn2)c1. The molecule has 1 aliphatic heterocycles. The molecule has 2 heterocycles. The van der Waals surface area contributed by atoms with E-state index in [0.29, 0.717) is 13.2 Å². The zero-order valence-corrected chi connectivity index (χ0v) is 15.0. The van der Waals surface area contributed by atoms with Gasteiger partial charge in [-0.05, 0) is 47.5 Å². The Hall–Kier alpha value is -2.62. The Morgan fingerprint density at radius 1 is 1.04 bits per heavy atom. The van der Waals surface area contributed by atoms with Gasteiger partial charge in [-0.2, -0.15) is 0 Å². The van der Waals surface area contributed by atoms with Crippen LogP contribution in [0, 0.1) is 0 Å². The molecule has 130 valence electrons. The lowest BCUT2D eigenvalue weighted by Crippen LogP contribution is -2.27. The van der Waals surface area contributed by atoms with Crippen LogP contribution >= 0.6 is 11.6 Å². The molecule has 0 aliphatic carbocycles. The number of benzene rings is 2. The van der Waals surface area contributed by atoms with Crippen molar-refractivity contribution in [3.8, 4) is 5.75 Å². The summed E-state index contributed by atoms with van der Waals surface area (Å²) in [5.74, 6) is 0.937. The molecule has 2 aromatic carbocycles. The molecular weight excluding hydrogens is 344 g/mol. The Balaban J connectivity index is 1.57.